The maximum Gasteiger partial charge on any atom is 0.320 e. The fraction of sp³-hybridized carbons (Fsp3) is 0.190. The average molecular weight is 395 g/mol. The van der Waals surface area contributed by atoms with Crippen molar-refractivity contribution < 1.29 is 14.3 Å². The molecule has 0 spiro atoms. The van der Waals surface area contributed by atoms with E-state index in [0.717, 1.165) is 10.1 Å². The van der Waals surface area contributed by atoms with Crippen molar-refractivity contribution in [3.05, 3.63) is 81.1 Å². The third-order valence-electron chi connectivity index (χ3n) is 4.32. The summed E-state index contributed by atoms with van der Waals surface area (Å²) in [4.78, 5) is 37.3. The minimum atomic E-state index is -0.804. The van der Waals surface area contributed by atoms with Gasteiger partial charge >= 0.3 is 11.1 Å². The largest absolute Gasteiger partial charge is 0.493 e. The zero-order valence-corrected chi connectivity index (χ0v) is 16.3. The monoisotopic (exact) mass is 395 g/mol. The number of aromatic nitrogens is 2. The molecule has 0 saturated carbocycles. The van der Waals surface area contributed by atoms with Crippen molar-refractivity contribution in [3.8, 4) is 17.2 Å². The van der Waals surface area contributed by atoms with Crippen molar-refractivity contribution in [2.75, 3.05) is 19.5 Å². The molecule has 2 aromatic carbocycles. The first kappa shape index (κ1) is 19.9. The molecule has 0 radical (unpaired) electrons. The summed E-state index contributed by atoms with van der Waals surface area (Å²) < 4.78 is 12.7. The molecule has 0 aliphatic carbocycles. The van der Waals surface area contributed by atoms with E-state index in [9.17, 15) is 14.4 Å². The average Bonchev–Trinajstić information content (AvgIpc) is 2.71. The third-order valence-corrected chi connectivity index (χ3v) is 4.32. The van der Waals surface area contributed by atoms with Crippen molar-refractivity contribution >= 4 is 11.6 Å². The number of methoxy groups -OCH3 is 2. The second-order valence-corrected chi connectivity index (χ2v) is 6.36. The van der Waals surface area contributed by atoms with Crippen molar-refractivity contribution in [2.24, 2.45) is 0 Å². The molecule has 3 aromatic rings. The fourth-order valence-corrected chi connectivity index (χ4v) is 2.89. The second-order valence-electron chi connectivity index (χ2n) is 6.36. The van der Waals surface area contributed by atoms with E-state index in [2.05, 4.69) is 5.32 Å². The lowest BCUT2D eigenvalue weighted by Crippen LogP contribution is -2.41. The van der Waals surface area contributed by atoms with Crippen LogP contribution in [0.15, 0.2) is 64.4 Å². The van der Waals surface area contributed by atoms with Crippen molar-refractivity contribution in [1.82, 2.24) is 9.13 Å². The van der Waals surface area contributed by atoms with Crippen LogP contribution in [-0.4, -0.2) is 29.3 Å². The van der Waals surface area contributed by atoms with Gasteiger partial charge in [-0.15, -0.1) is 0 Å². The maximum absolute atomic E-state index is 12.6. The maximum atomic E-state index is 12.6. The van der Waals surface area contributed by atoms with Crippen LogP contribution >= 0.6 is 0 Å². The van der Waals surface area contributed by atoms with Crippen LogP contribution in [0.5, 0.6) is 11.5 Å². The SMILES string of the molecule is COc1ccc(-n2ccn(CC(=O)Nc3cccc(C)c3)c(=O)c2=O)cc1OC. The number of carbonyl (C=O) groups is 1. The number of nitrogens with one attached hydrogen (secondary N) is 1. The fourth-order valence-electron chi connectivity index (χ4n) is 2.89. The zero-order chi connectivity index (χ0) is 21.0. The molecule has 0 saturated heterocycles. The molecule has 8 nitrogen and oxygen atoms in total. The molecule has 0 atom stereocenters. The number of aryl methyl sites for hydroxylation is 1. The summed E-state index contributed by atoms with van der Waals surface area (Å²) in [7, 11) is 2.99. The van der Waals surface area contributed by atoms with Gasteiger partial charge in [-0.3, -0.25) is 23.5 Å². The number of anilines is 1. The Bertz CT molecular complexity index is 1160. The topological polar surface area (TPSA) is 91.6 Å². The summed E-state index contributed by atoms with van der Waals surface area (Å²) in [5, 5.41) is 2.71. The Hall–Kier alpha value is -3.81. The van der Waals surface area contributed by atoms with E-state index in [0.29, 0.717) is 22.9 Å². The van der Waals surface area contributed by atoms with Gasteiger partial charge in [0.15, 0.2) is 11.5 Å². The zero-order valence-electron chi connectivity index (χ0n) is 16.3. The van der Waals surface area contributed by atoms with Gasteiger partial charge in [-0.1, -0.05) is 12.1 Å². The third kappa shape index (κ3) is 4.37. The molecule has 0 aliphatic rings. The number of hydrogen-bond donors (Lipinski definition) is 1. The summed E-state index contributed by atoms with van der Waals surface area (Å²) in [5.41, 5.74) is 0.491. The molecule has 29 heavy (non-hydrogen) atoms. The molecular formula is C21H21N3O5. The van der Waals surface area contributed by atoms with Gasteiger partial charge in [0.1, 0.15) is 6.54 Å². The predicted octanol–water partition coefficient (Wildman–Crippen LogP) is 1.96. The van der Waals surface area contributed by atoms with Crippen LogP contribution in [0.1, 0.15) is 5.56 Å². The van der Waals surface area contributed by atoms with Crippen LogP contribution in [0.2, 0.25) is 0 Å². The van der Waals surface area contributed by atoms with Crippen molar-refractivity contribution in [2.45, 2.75) is 13.5 Å². The number of benzene rings is 2. The Kier molecular flexibility index (Phi) is 5.82. The summed E-state index contributed by atoms with van der Waals surface area (Å²) in [6.45, 7) is 1.64. The summed E-state index contributed by atoms with van der Waals surface area (Å²) in [6, 6.07) is 12.2. The highest BCUT2D eigenvalue weighted by Crippen LogP contribution is 2.28. The minimum absolute atomic E-state index is 0.269. The van der Waals surface area contributed by atoms with Gasteiger partial charge in [-0.25, -0.2) is 0 Å². The Morgan fingerprint density at radius 1 is 0.966 bits per heavy atom. The van der Waals surface area contributed by atoms with Crippen LogP contribution < -0.4 is 25.9 Å². The van der Waals surface area contributed by atoms with E-state index in [1.807, 2.05) is 25.1 Å². The first-order valence-electron chi connectivity index (χ1n) is 8.84. The van der Waals surface area contributed by atoms with E-state index in [1.54, 1.807) is 24.3 Å². The standard InChI is InChI=1S/C21H21N3O5/c1-14-5-4-6-15(11-14)22-19(25)13-23-9-10-24(21(27)20(23)26)16-7-8-17(28-2)18(12-16)29-3/h4-12H,13H2,1-3H3,(H,22,25). The molecule has 0 fully saturated rings. The van der Waals surface area contributed by atoms with E-state index < -0.39 is 17.0 Å². The minimum Gasteiger partial charge on any atom is -0.493 e. The molecule has 0 unspecified atom stereocenters. The molecule has 0 aliphatic heterocycles. The Labute approximate surface area is 166 Å². The van der Waals surface area contributed by atoms with Gasteiger partial charge in [-0.2, -0.15) is 0 Å². The molecule has 8 heteroatoms. The lowest BCUT2D eigenvalue weighted by molar-refractivity contribution is -0.116. The smallest absolute Gasteiger partial charge is 0.320 e. The number of ether oxygens (including phenoxy) is 2. The highest BCUT2D eigenvalue weighted by molar-refractivity contribution is 5.90. The van der Waals surface area contributed by atoms with Crippen molar-refractivity contribution in [1.29, 1.82) is 0 Å². The van der Waals surface area contributed by atoms with Gasteiger partial charge in [0.2, 0.25) is 5.91 Å². The van der Waals surface area contributed by atoms with E-state index in [4.69, 9.17) is 9.47 Å². The van der Waals surface area contributed by atoms with E-state index >= 15 is 0 Å². The molecule has 1 aromatic heterocycles. The molecule has 3 rings (SSSR count). The normalized spacial score (nSPS) is 10.4. The van der Waals surface area contributed by atoms with Gasteiger partial charge in [0.05, 0.1) is 19.9 Å². The first-order valence-corrected chi connectivity index (χ1v) is 8.84. The molecular weight excluding hydrogens is 374 g/mol. The van der Waals surface area contributed by atoms with Crippen LogP contribution in [0.3, 0.4) is 0 Å². The number of hydrogen-bond acceptors (Lipinski definition) is 5. The van der Waals surface area contributed by atoms with E-state index in [-0.39, 0.29) is 6.54 Å². The number of carbonyl (C=O) groups excluding carboxylic acids is 1. The van der Waals surface area contributed by atoms with E-state index in [1.165, 1.54) is 31.2 Å². The molecule has 150 valence electrons. The van der Waals surface area contributed by atoms with Gasteiger partial charge in [0.25, 0.3) is 0 Å². The van der Waals surface area contributed by atoms with Crippen LogP contribution in [0, 0.1) is 6.92 Å². The lowest BCUT2D eigenvalue weighted by atomic mass is 10.2. The van der Waals surface area contributed by atoms with Gasteiger partial charge in [0, 0.05) is 24.1 Å². The van der Waals surface area contributed by atoms with Gasteiger partial charge in [-0.05, 0) is 36.8 Å². The molecule has 1 N–H and O–H groups in total. The Balaban J connectivity index is 1.85. The van der Waals surface area contributed by atoms with Crippen LogP contribution in [-0.2, 0) is 11.3 Å². The number of nitrogens with zero attached hydrogens (tertiary/aromatic N) is 2. The summed E-state index contributed by atoms with van der Waals surface area (Å²) >= 11 is 0. The quantitative estimate of drug-likeness (QED) is 0.645. The highest BCUT2D eigenvalue weighted by atomic mass is 16.5. The second kappa shape index (κ2) is 8.47. The lowest BCUT2D eigenvalue weighted by Gasteiger charge is -2.12. The molecule has 1 heterocycles. The molecule has 1 amide bonds. The number of rotatable bonds is 6. The van der Waals surface area contributed by atoms with Gasteiger partial charge < -0.3 is 14.8 Å². The number of amides is 1. The van der Waals surface area contributed by atoms with Crippen LogP contribution in [0.25, 0.3) is 5.69 Å². The van der Waals surface area contributed by atoms with Crippen molar-refractivity contribution in [3.63, 3.8) is 0 Å². The summed E-state index contributed by atoms with van der Waals surface area (Å²) in [5.74, 6) is 0.532. The highest BCUT2D eigenvalue weighted by Gasteiger charge is 2.12. The first-order chi connectivity index (χ1) is 13.9. The Morgan fingerprint density at radius 3 is 2.41 bits per heavy atom. The van der Waals surface area contributed by atoms with Crippen LogP contribution in [0.4, 0.5) is 5.69 Å². The summed E-state index contributed by atoms with van der Waals surface area (Å²) in [6.07, 6.45) is 2.83. The molecule has 0 bridgehead atoms. The predicted molar refractivity (Wildman–Crippen MR) is 109 cm³/mol. The Morgan fingerprint density at radius 2 is 1.72 bits per heavy atom.